The summed E-state index contributed by atoms with van der Waals surface area (Å²) in [7, 11) is 1.54. The Morgan fingerprint density at radius 2 is 1.85 bits per heavy atom. The standard InChI is InChI=1S/C23H27N7O4/c1-34-18-10-13(6-9-25-18)17-11-16(19-20(24)26-12-27-30(17)19)21(31)28-14-2-4-15(5-3-14)29-22(32)23(33)7-8-23/h6,9-12,14-15,33H,2-5,7-8H2,1H3,(H,28,31)(H,29,32)(H2,24,26,27)/t14-,15-. The van der Waals surface area contributed by atoms with Gasteiger partial charge in [-0.05, 0) is 50.7 Å². The van der Waals surface area contributed by atoms with Gasteiger partial charge in [-0.25, -0.2) is 14.5 Å². The van der Waals surface area contributed by atoms with Crippen molar-refractivity contribution in [1.29, 1.82) is 0 Å². The van der Waals surface area contributed by atoms with E-state index in [0.717, 1.165) is 31.2 Å². The lowest BCUT2D eigenvalue weighted by Gasteiger charge is -2.30. The minimum Gasteiger partial charge on any atom is -0.481 e. The smallest absolute Gasteiger partial charge is 0.253 e. The predicted octanol–water partition coefficient (Wildman–Crippen LogP) is 1.06. The van der Waals surface area contributed by atoms with Crippen LogP contribution < -0.4 is 21.1 Å². The van der Waals surface area contributed by atoms with Crippen LogP contribution in [-0.4, -0.2) is 61.3 Å². The lowest BCUT2D eigenvalue weighted by Crippen LogP contribution is -2.47. The van der Waals surface area contributed by atoms with Gasteiger partial charge in [0, 0.05) is 29.9 Å². The van der Waals surface area contributed by atoms with Crippen LogP contribution >= 0.6 is 0 Å². The van der Waals surface area contributed by atoms with Gasteiger partial charge >= 0.3 is 0 Å². The van der Waals surface area contributed by atoms with Crippen LogP contribution in [0.3, 0.4) is 0 Å². The second-order valence-electron chi connectivity index (χ2n) is 8.96. The molecule has 0 saturated heterocycles. The Balaban J connectivity index is 1.32. The van der Waals surface area contributed by atoms with E-state index >= 15 is 0 Å². The van der Waals surface area contributed by atoms with Crippen molar-refractivity contribution in [2.45, 2.75) is 56.2 Å². The van der Waals surface area contributed by atoms with E-state index < -0.39 is 5.60 Å². The molecule has 3 aromatic heterocycles. The first-order chi connectivity index (χ1) is 16.4. The zero-order chi connectivity index (χ0) is 23.9. The lowest BCUT2D eigenvalue weighted by atomic mass is 9.90. The average Bonchev–Trinajstić information content (AvgIpc) is 3.47. The first-order valence-corrected chi connectivity index (χ1v) is 11.3. The Labute approximate surface area is 195 Å². The first-order valence-electron chi connectivity index (χ1n) is 11.3. The summed E-state index contributed by atoms with van der Waals surface area (Å²) < 4.78 is 6.82. The van der Waals surface area contributed by atoms with Gasteiger partial charge in [0.2, 0.25) is 5.88 Å². The van der Waals surface area contributed by atoms with Gasteiger partial charge in [0.15, 0.2) is 5.82 Å². The Morgan fingerprint density at radius 1 is 1.15 bits per heavy atom. The highest BCUT2D eigenvalue weighted by atomic mass is 16.5. The number of hydrogen-bond donors (Lipinski definition) is 4. The van der Waals surface area contributed by atoms with Gasteiger partial charge in [-0.3, -0.25) is 9.59 Å². The van der Waals surface area contributed by atoms with Crippen molar-refractivity contribution in [3.63, 3.8) is 0 Å². The van der Waals surface area contributed by atoms with Gasteiger partial charge < -0.3 is 26.2 Å². The molecule has 2 amide bonds. The summed E-state index contributed by atoms with van der Waals surface area (Å²) >= 11 is 0. The molecule has 0 aliphatic heterocycles. The van der Waals surface area contributed by atoms with Gasteiger partial charge in [-0.1, -0.05) is 0 Å². The molecule has 0 unspecified atom stereocenters. The molecule has 2 aliphatic rings. The molecule has 0 aromatic carbocycles. The van der Waals surface area contributed by atoms with Crippen molar-refractivity contribution in [1.82, 2.24) is 30.2 Å². The van der Waals surface area contributed by atoms with E-state index in [1.165, 1.54) is 13.4 Å². The number of carbonyl (C=O) groups excluding carboxylic acids is 2. The summed E-state index contributed by atoms with van der Waals surface area (Å²) in [4.78, 5) is 33.6. The zero-order valence-corrected chi connectivity index (χ0v) is 18.8. The molecule has 0 bridgehead atoms. The molecule has 0 radical (unpaired) electrons. The topological polar surface area (TPSA) is 157 Å². The van der Waals surface area contributed by atoms with Crippen molar-refractivity contribution in [3.05, 3.63) is 36.3 Å². The highest BCUT2D eigenvalue weighted by molar-refractivity contribution is 6.05. The second kappa shape index (κ2) is 8.56. The number of carbonyl (C=O) groups is 2. The van der Waals surface area contributed by atoms with Crippen LogP contribution in [0.5, 0.6) is 5.88 Å². The summed E-state index contributed by atoms with van der Waals surface area (Å²) in [6.07, 6.45) is 6.93. The molecule has 0 atom stereocenters. The number of rotatable bonds is 6. The molecule has 2 saturated carbocycles. The quantitative estimate of drug-likeness (QED) is 0.421. The van der Waals surface area contributed by atoms with Gasteiger partial charge in [0.1, 0.15) is 17.4 Å². The van der Waals surface area contributed by atoms with Gasteiger partial charge in [0.05, 0.1) is 18.4 Å². The van der Waals surface area contributed by atoms with E-state index in [2.05, 4.69) is 25.7 Å². The summed E-state index contributed by atoms with van der Waals surface area (Å²) in [6.45, 7) is 0. The van der Waals surface area contributed by atoms with E-state index in [0.29, 0.717) is 35.5 Å². The van der Waals surface area contributed by atoms with Crippen LogP contribution in [0.4, 0.5) is 5.82 Å². The Morgan fingerprint density at radius 3 is 2.53 bits per heavy atom. The van der Waals surface area contributed by atoms with Crippen molar-refractivity contribution in [3.8, 4) is 17.1 Å². The number of ether oxygens (including phenoxy) is 1. The molecule has 5 rings (SSSR count). The number of nitrogen functional groups attached to an aromatic ring is 1. The number of pyridine rings is 1. The van der Waals surface area contributed by atoms with E-state index in [-0.39, 0.29) is 29.7 Å². The summed E-state index contributed by atoms with van der Waals surface area (Å²) in [5.74, 6) is 0.108. The highest BCUT2D eigenvalue weighted by Gasteiger charge is 2.48. The third-order valence-electron chi connectivity index (χ3n) is 6.61. The molecule has 2 aliphatic carbocycles. The predicted molar refractivity (Wildman–Crippen MR) is 123 cm³/mol. The van der Waals surface area contributed by atoms with Crippen LogP contribution in [0.25, 0.3) is 16.8 Å². The first kappa shape index (κ1) is 22.1. The zero-order valence-electron chi connectivity index (χ0n) is 18.8. The van der Waals surface area contributed by atoms with Crippen molar-refractivity contribution in [2.24, 2.45) is 0 Å². The van der Waals surface area contributed by atoms with E-state index in [9.17, 15) is 14.7 Å². The minimum atomic E-state index is -1.17. The molecule has 3 heterocycles. The van der Waals surface area contributed by atoms with Crippen molar-refractivity contribution >= 4 is 23.1 Å². The van der Waals surface area contributed by atoms with Gasteiger partial charge in [-0.15, -0.1) is 0 Å². The molecule has 3 aromatic rings. The minimum absolute atomic E-state index is 0.0119. The van der Waals surface area contributed by atoms with Gasteiger partial charge in [-0.2, -0.15) is 5.10 Å². The maximum Gasteiger partial charge on any atom is 0.253 e. The van der Waals surface area contributed by atoms with Crippen LogP contribution in [0, 0.1) is 0 Å². The molecular weight excluding hydrogens is 438 g/mol. The van der Waals surface area contributed by atoms with Crippen molar-refractivity contribution in [2.75, 3.05) is 12.8 Å². The van der Waals surface area contributed by atoms with Crippen LogP contribution in [-0.2, 0) is 4.79 Å². The number of amides is 2. The number of aliphatic hydroxyl groups is 1. The number of methoxy groups -OCH3 is 1. The summed E-state index contributed by atoms with van der Waals surface area (Å²) in [5, 5.41) is 20.3. The Hall–Kier alpha value is -3.73. The van der Waals surface area contributed by atoms with Gasteiger partial charge in [0.25, 0.3) is 11.8 Å². The number of anilines is 1. The van der Waals surface area contributed by atoms with Crippen LogP contribution in [0.15, 0.2) is 30.7 Å². The molecule has 0 spiro atoms. The number of hydrogen-bond acceptors (Lipinski definition) is 8. The third kappa shape index (κ3) is 4.14. The van der Waals surface area contributed by atoms with Crippen LogP contribution in [0.1, 0.15) is 48.9 Å². The number of nitrogens with zero attached hydrogens (tertiary/aromatic N) is 4. The monoisotopic (exact) mass is 465 g/mol. The lowest BCUT2D eigenvalue weighted by molar-refractivity contribution is -0.132. The average molecular weight is 466 g/mol. The highest BCUT2D eigenvalue weighted by Crippen LogP contribution is 2.35. The Kier molecular flexibility index (Phi) is 5.56. The van der Waals surface area contributed by atoms with Crippen molar-refractivity contribution < 1.29 is 19.4 Å². The molecular formula is C23H27N7O4. The number of fused-ring (bicyclic) bond motifs is 1. The fraction of sp³-hybridized carbons (Fsp3) is 0.435. The SMILES string of the molecule is COc1cc(-c2cc(C(=O)N[C@H]3CC[C@H](NC(=O)C4(O)CC4)CC3)c3c(N)ncnn23)ccn1. The van der Waals surface area contributed by atoms with Crippen LogP contribution in [0.2, 0.25) is 0 Å². The normalized spacial score (nSPS) is 21.1. The van der Waals surface area contributed by atoms with E-state index in [4.69, 9.17) is 10.5 Å². The molecule has 2 fully saturated rings. The number of nitrogens with one attached hydrogen (secondary N) is 2. The van der Waals surface area contributed by atoms with E-state index in [1.54, 1.807) is 28.9 Å². The second-order valence-corrected chi connectivity index (χ2v) is 8.96. The maximum absolute atomic E-state index is 13.3. The molecule has 11 heteroatoms. The maximum atomic E-state index is 13.3. The molecule has 178 valence electrons. The summed E-state index contributed by atoms with van der Waals surface area (Å²) in [5.41, 5.74) is 7.22. The fourth-order valence-corrected chi connectivity index (χ4v) is 4.44. The molecule has 34 heavy (non-hydrogen) atoms. The van der Waals surface area contributed by atoms with E-state index in [1.807, 2.05) is 0 Å². The number of nitrogens with two attached hydrogens (primary N) is 1. The Bertz CT molecular complexity index is 1250. The number of aromatic nitrogens is 4. The summed E-state index contributed by atoms with van der Waals surface area (Å²) in [6, 6.07) is 5.29. The fourth-order valence-electron chi connectivity index (χ4n) is 4.44. The third-order valence-corrected chi connectivity index (χ3v) is 6.61. The molecule has 5 N–H and O–H groups in total. The largest absolute Gasteiger partial charge is 0.481 e. The molecule has 11 nitrogen and oxygen atoms in total.